The molecule has 1 unspecified atom stereocenters. The minimum atomic E-state index is -0.165. The zero-order valence-corrected chi connectivity index (χ0v) is 8.63. The second kappa shape index (κ2) is 6.82. The summed E-state index contributed by atoms with van der Waals surface area (Å²) in [7, 11) is 3.82. The van der Waals surface area contributed by atoms with Gasteiger partial charge in [0.05, 0.1) is 6.04 Å². The molecule has 5 heteroatoms. The lowest BCUT2D eigenvalue weighted by Gasteiger charge is -2.22. The summed E-state index contributed by atoms with van der Waals surface area (Å²) in [6, 6.07) is -0.165. The van der Waals surface area contributed by atoms with Gasteiger partial charge in [-0.1, -0.05) is 0 Å². The Labute approximate surface area is 79.6 Å². The van der Waals surface area contributed by atoms with E-state index >= 15 is 0 Å². The molecule has 0 aromatic heterocycles. The molecule has 0 saturated heterocycles. The highest BCUT2D eigenvalue weighted by atomic mass is 16.2. The van der Waals surface area contributed by atoms with Gasteiger partial charge in [0.1, 0.15) is 0 Å². The molecule has 0 aromatic carbocycles. The van der Waals surface area contributed by atoms with Gasteiger partial charge in [-0.15, -0.1) is 0 Å². The number of carbonyl (C=O) groups is 1. The molecule has 0 radical (unpaired) electrons. The monoisotopic (exact) mass is 188 g/mol. The maximum atomic E-state index is 11.1. The van der Waals surface area contributed by atoms with E-state index in [0.29, 0.717) is 0 Å². The van der Waals surface area contributed by atoms with Gasteiger partial charge in [0.25, 0.3) is 5.91 Å². The normalized spacial score (nSPS) is 13.0. The molecule has 13 heavy (non-hydrogen) atoms. The van der Waals surface area contributed by atoms with Crippen LogP contribution in [0.4, 0.5) is 0 Å². The third-order valence-corrected chi connectivity index (χ3v) is 2.12. The first-order valence-corrected chi connectivity index (χ1v) is 4.48. The molecular weight excluding hydrogens is 168 g/mol. The molecule has 0 fully saturated rings. The Bertz CT molecular complexity index is 151. The van der Waals surface area contributed by atoms with Crippen molar-refractivity contribution in [2.24, 2.45) is 5.84 Å². The lowest BCUT2D eigenvalue weighted by atomic mass is 10.2. The van der Waals surface area contributed by atoms with Gasteiger partial charge >= 0.3 is 0 Å². The number of hydrogen-bond donors (Lipinski definition) is 3. The molecular formula is C8H20N4O. The Morgan fingerprint density at radius 2 is 2.23 bits per heavy atom. The summed E-state index contributed by atoms with van der Waals surface area (Å²) < 4.78 is 0. The maximum absolute atomic E-state index is 11.1. The van der Waals surface area contributed by atoms with Crippen LogP contribution in [0.5, 0.6) is 0 Å². The molecule has 1 amide bonds. The van der Waals surface area contributed by atoms with Crippen LogP contribution in [0.3, 0.4) is 0 Å². The van der Waals surface area contributed by atoms with E-state index in [1.54, 1.807) is 0 Å². The number of rotatable bonds is 6. The van der Waals surface area contributed by atoms with E-state index in [9.17, 15) is 4.79 Å². The van der Waals surface area contributed by atoms with E-state index in [2.05, 4.69) is 10.7 Å². The summed E-state index contributed by atoms with van der Waals surface area (Å²) in [6.07, 6.45) is 1.02. The zero-order chi connectivity index (χ0) is 10.3. The summed E-state index contributed by atoms with van der Waals surface area (Å²) in [4.78, 5) is 13.1. The van der Waals surface area contributed by atoms with E-state index < -0.39 is 0 Å². The number of hydrazine groups is 1. The fourth-order valence-electron chi connectivity index (χ4n) is 1.02. The quantitative estimate of drug-likeness (QED) is 0.214. The van der Waals surface area contributed by atoms with Crippen molar-refractivity contribution in [1.29, 1.82) is 0 Å². The second-order valence-electron chi connectivity index (χ2n) is 3.12. The minimum absolute atomic E-state index is 0.146. The Kier molecular flexibility index (Phi) is 6.48. The van der Waals surface area contributed by atoms with E-state index in [1.165, 1.54) is 0 Å². The number of hydrogen-bond acceptors (Lipinski definition) is 4. The van der Waals surface area contributed by atoms with Crippen molar-refractivity contribution in [3.05, 3.63) is 0 Å². The molecule has 5 nitrogen and oxygen atoms in total. The van der Waals surface area contributed by atoms with Gasteiger partial charge in [-0.3, -0.25) is 15.1 Å². The van der Waals surface area contributed by atoms with Gasteiger partial charge in [0.2, 0.25) is 0 Å². The molecule has 0 rings (SSSR count). The van der Waals surface area contributed by atoms with Crippen LogP contribution in [0, 0.1) is 0 Å². The fourth-order valence-corrected chi connectivity index (χ4v) is 1.02. The smallest absolute Gasteiger partial charge is 0.250 e. The molecule has 0 aliphatic heterocycles. The van der Waals surface area contributed by atoms with Crippen LogP contribution in [0.1, 0.15) is 13.3 Å². The van der Waals surface area contributed by atoms with Gasteiger partial charge < -0.3 is 5.32 Å². The number of nitrogens with zero attached hydrogens (tertiary/aromatic N) is 1. The highest BCUT2D eigenvalue weighted by Crippen LogP contribution is 1.95. The van der Waals surface area contributed by atoms with Crippen molar-refractivity contribution in [2.45, 2.75) is 19.4 Å². The van der Waals surface area contributed by atoms with Crippen LogP contribution < -0.4 is 16.6 Å². The third kappa shape index (κ3) is 4.82. The summed E-state index contributed by atoms with van der Waals surface area (Å²) in [5.74, 6) is 4.88. The molecule has 4 N–H and O–H groups in total. The molecule has 0 bridgehead atoms. The van der Waals surface area contributed by atoms with Crippen molar-refractivity contribution in [3.63, 3.8) is 0 Å². The average molecular weight is 188 g/mol. The largest absolute Gasteiger partial charge is 0.320 e. The van der Waals surface area contributed by atoms with Crippen LogP contribution >= 0.6 is 0 Å². The van der Waals surface area contributed by atoms with Crippen LogP contribution in [-0.4, -0.2) is 44.0 Å². The Morgan fingerprint density at radius 1 is 1.62 bits per heavy atom. The molecule has 0 aliphatic carbocycles. The maximum Gasteiger partial charge on any atom is 0.250 e. The fraction of sp³-hybridized carbons (Fsp3) is 0.875. The summed E-state index contributed by atoms with van der Waals surface area (Å²) >= 11 is 0. The van der Waals surface area contributed by atoms with Gasteiger partial charge in [-0.2, -0.15) is 0 Å². The van der Waals surface area contributed by atoms with Gasteiger partial charge in [0, 0.05) is 0 Å². The highest BCUT2D eigenvalue weighted by Gasteiger charge is 2.15. The number of carbonyl (C=O) groups excluding carboxylic acids is 1. The number of nitrogens with one attached hydrogen (secondary N) is 2. The molecule has 0 heterocycles. The second-order valence-corrected chi connectivity index (χ2v) is 3.12. The van der Waals surface area contributed by atoms with Crippen LogP contribution in [-0.2, 0) is 4.79 Å². The first-order chi connectivity index (χ1) is 6.13. The summed E-state index contributed by atoms with van der Waals surface area (Å²) in [6.45, 7) is 3.68. The van der Waals surface area contributed by atoms with Crippen LogP contribution in [0.2, 0.25) is 0 Å². The standard InChI is InChI=1S/C8H20N4O/c1-7(8(13)11-9)12(3)6-4-5-10-2/h7,10H,4-6,9H2,1-3H3,(H,11,13). The average Bonchev–Trinajstić information content (AvgIpc) is 2.15. The minimum Gasteiger partial charge on any atom is -0.320 e. The topological polar surface area (TPSA) is 70.4 Å². The van der Waals surface area contributed by atoms with Gasteiger partial charge in [-0.05, 0) is 40.5 Å². The van der Waals surface area contributed by atoms with Crippen molar-refractivity contribution in [2.75, 3.05) is 27.2 Å². The summed E-state index contributed by atoms with van der Waals surface area (Å²) in [5, 5.41) is 3.05. The SMILES string of the molecule is CNCCCN(C)C(C)C(=O)NN. The van der Waals surface area contributed by atoms with Crippen molar-refractivity contribution in [1.82, 2.24) is 15.6 Å². The third-order valence-electron chi connectivity index (χ3n) is 2.12. The van der Waals surface area contributed by atoms with Crippen LogP contribution in [0.15, 0.2) is 0 Å². The van der Waals surface area contributed by atoms with Crippen molar-refractivity contribution >= 4 is 5.91 Å². The number of likely N-dealkylation sites (N-methyl/N-ethyl adjacent to an activating group) is 1. The molecule has 0 aliphatic rings. The molecule has 0 aromatic rings. The predicted molar refractivity (Wildman–Crippen MR) is 53.0 cm³/mol. The van der Waals surface area contributed by atoms with E-state index in [1.807, 2.05) is 25.9 Å². The molecule has 0 spiro atoms. The molecule has 1 atom stereocenters. The Hall–Kier alpha value is -0.650. The number of nitrogens with two attached hydrogens (primary N) is 1. The molecule has 78 valence electrons. The van der Waals surface area contributed by atoms with E-state index in [0.717, 1.165) is 19.5 Å². The lowest BCUT2D eigenvalue weighted by Crippen LogP contribution is -2.46. The lowest BCUT2D eigenvalue weighted by molar-refractivity contribution is -0.125. The summed E-state index contributed by atoms with van der Waals surface area (Å²) in [5.41, 5.74) is 2.14. The van der Waals surface area contributed by atoms with E-state index in [4.69, 9.17) is 5.84 Å². The predicted octanol–water partition coefficient (Wildman–Crippen LogP) is -1.09. The number of amides is 1. The first kappa shape index (κ1) is 12.3. The van der Waals surface area contributed by atoms with Crippen LogP contribution in [0.25, 0.3) is 0 Å². The van der Waals surface area contributed by atoms with Gasteiger partial charge in [0.15, 0.2) is 0 Å². The first-order valence-electron chi connectivity index (χ1n) is 4.48. The highest BCUT2D eigenvalue weighted by molar-refractivity contribution is 5.80. The zero-order valence-electron chi connectivity index (χ0n) is 8.63. The molecule has 0 saturated carbocycles. The Balaban J connectivity index is 3.68. The van der Waals surface area contributed by atoms with E-state index in [-0.39, 0.29) is 11.9 Å². The van der Waals surface area contributed by atoms with Crippen molar-refractivity contribution < 1.29 is 4.79 Å². The van der Waals surface area contributed by atoms with Crippen molar-refractivity contribution in [3.8, 4) is 0 Å². The van der Waals surface area contributed by atoms with Gasteiger partial charge in [-0.25, -0.2) is 5.84 Å². The Morgan fingerprint density at radius 3 is 2.69 bits per heavy atom.